The number of Topliss-reactive ketones (excluding diaryl/α,β-unsaturated/α-hetero) is 1. The van der Waals surface area contributed by atoms with Crippen LogP contribution in [0.25, 0.3) is 0 Å². The van der Waals surface area contributed by atoms with Gasteiger partial charge in [-0.05, 0) is 42.9 Å². The summed E-state index contributed by atoms with van der Waals surface area (Å²) >= 11 is 0. The fraction of sp³-hybridized carbons (Fsp3) is 0.556. The average molecular weight is 469 g/mol. The smallest absolute Gasteiger partial charge is 0.340 e. The number of carbonyl (C=O) groups excluding carboxylic acids is 2. The van der Waals surface area contributed by atoms with Crippen LogP contribution >= 0.6 is 0 Å². The van der Waals surface area contributed by atoms with Crippen LogP contribution in [-0.2, 0) is 30.3 Å². The zero-order valence-electron chi connectivity index (χ0n) is 21.0. The third-order valence-electron chi connectivity index (χ3n) is 6.96. The molecule has 1 aromatic carbocycles. The number of ketones is 1. The van der Waals surface area contributed by atoms with E-state index < -0.39 is 11.9 Å². The number of ether oxygens (including phenoxy) is 3. The maximum absolute atomic E-state index is 13.5. The molecule has 1 atom stereocenters. The molecule has 0 bridgehead atoms. The number of carbonyl (C=O) groups is 2. The SMILES string of the molecule is CCOC(=O)C1=C(N)OC2=C(C(=O)CC(C)(C)C2)[C@@H]1c1cc(C)cc(CN2CCOCC2)c1C. The Morgan fingerprint density at radius 2 is 1.91 bits per heavy atom. The highest BCUT2D eigenvalue weighted by Crippen LogP contribution is 2.49. The molecule has 7 nitrogen and oxygen atoms in total. The van der Waals surface area contributed by atoms with Gasteiger partial charge in [-0.25, -0.2) is 4.79 Å². The summed E-state index contributed by atoms with van der Waals surface area (Å²) in [6, 6.07) is 4.25. The van der Waals surface area contributed by atoms with Crippen LogP contribution in [0.5, 0.6) is 0 Å². The van der Waals surface area contributed by atoms with Crippen molar-refractivity contribution in [2.75, 3.05) is 32.9 Å². The van der Waals surface area contributed by atoms with Gasteiger partial charge in [0.1, 0.15) is 11.3 Å². The molecule has 1 saturated heterocycles. The van der Waals surface area contributed by atoms with E-state index in [9.17, 15) is 9.59 Å². The number of hydrogen-bond acceptors (Lipinski definition) is 7. The highest BCUT2D eigenvalue weighted by molar-refractivity contribution is 6.03. The van der Waals surface area contributed by atoms with E-state index in [2.05, 4.69) is 24.0 Å². The molecule has 1 aromatic rings. The van der Waals surface area contributed by atoms with Crippen LogP contribution < -0.4 is 5.73 Å². The number of nitrogens with two attached hydrogens (primary N) is 1. The Morgan fingerprint density at radius 3 is 2.59 bits per heavy atom. The van der Waals surface area contributed by atoms with E-state index in [0.717, 1.165) is 49.5 Å². The van der Waals surface area contributed by atoms with Crippen LogP contribution in [0.4, 0.5) is 0 Å². The first-order valence-electron chi connectivity index (χ1n) is 12.1. The van der Waals surface area contributed by atoms with Gasteiger partial charge in [-0.15, -0.1) is 0 Å². The summed E-state index contributed by atoms with van der Waals surface area (Å²) < 4.78 is 16.8. The van der Waals surface area contributed by atoms with Crippen LogP contribution in [0.2, 0.25) is 0 Å². The summed E-state index contributed by atoms with van der Waals surface area (Å²) in [5.41, 5.74) is 11.1. The molecule has 0 saturated carbocycles. The van der Waals surface area contributed by atoms with Crippen molar-refractivity contribution in [1.82, 2.24) is 4.90 Å². The molecular weight excluding hydrogens is 432 g/mol. The molecule has 184 valence electrons. The van der Waals surface area contributed by atoms with E-state index >= 15 is 0 Å². The predicted molar refractivity (Wildman–Crippen MR) is 129 cm³/mol. The van der Waals surface area contributed by atoms with Crippen molar-refractivity contribution in [3.8, 4) is 0 Å². The lowest BCUT2D eigenvalue weighted by Gasteiger charge is -2.38. The van der Waals surface area contributed by atoms with Gasteiger partial charge in [-0.2, -0.15) is 0 Å². The molecule has 0 spiro atoms. The Morgan fingerprint density at radius 1 is 1.21 bits per heavy atom. The van der Waals surface area contributed by atoms with E-state index in [1.54, 1.807) is 6.92 Å². The largest absolute Gasteiger partial charge is 0.462 e. The second-order valence-corrected chi connectivity index (χ2v) is 10.3. The van der Waals surface area contributed by atoms with Crippen molar-refractivity contribution >= 4 is 11.8 Å². The van der Waals surface area contributed by atoms with E-state index in [4.69, 9.17) is 19.9 Å². The Bertz CT molecular complexity index is 1060. The molecule has 0 aromatic heterocycles. The normalized spacial score (nSPS) is 23.0. The van der Waals surface area contributed by atoms with Crippen molar-refractivity contribution in [3.63, 3.8) is 0 Å². The maximum atomic E-state index is 13.5. The maximum Gasteiger partial charge on any atom is 0.340 e. The fourth-order valence-electron chi connectivity index (χ4n) is 5.33. The van der Waals surface area contributed by atoms with Crippen LogP contribution in [0.1, 0.15) is 61.8 Å². The van der Waals surface area contributed by atoms with Gasteiger partial charge in [-0.1, -0.05) is 31.5 Å². The van der Waals surface area contributed by atoms with Gasteiger partial charge in [0.15, 0.2) is 5.78 Å². The molecule has 2 aliphatic heterocycles. The molecule has 1 fully saturated rings. The van der Waals surface area contributed by atoms with Gasteiger partial charge < -0.3 is 19.9 Å². The quantitative estimate of drug-likeness (QED) is 0.660. The molecule has 34 heavy (non-hydrogen) atoms. The summed E-state index contributed by atoms with van der Waals surface area (Å²) in [6.07, 6.45) is 0.986. The lowest BCUT2D eigenvalue weighted by molar-refractivity contribution is -0.139. The molecular formula is C27H36N2O5. The number of nitrogens with zero attached hydrogens (tertiary/aromatic N) is 1. The van der Waals surface area contributed by atoms with E-state index in [1.807, 2.05) is 20.8 Å². The number of aryl methyl sites for hydroxylation is 1. The first-order valence-corrected chi connectivity index (χ1v) is 12.1. The minimum absolute atomic E-state index is 0.00110. The number of hydrogen-bond donors (Lipinski definition) is 1. The lowest BCUT2D eigenvalue weighted by Crippen LogP contribution is -2.37. The Kier molecular flexibility index (Phi) is 6.87. The molecule has 0 radical (unpaired) electrons. The van der Waals surface area contributed by atoms with Crippen LogP contribution in [-0.4, -0.2) is 49.6 Å². The molecule has 7 heteroatoms. The number of morpholine rings is 1. The van der Waals surface area contributed by atoms with Crippen molar-refractivity contribution in [1.29, 1.82) is 0 Å². The zero-order valence-corrected chi connectivity index (χ0v) is 21.0. The Labute approximate surface area is 201 Å². The molecule has 0 unspecified atom stereocenters. The minimum Gasteiger partial charge on any atom is -0.462 e. The van der Waals surface area contributed by atoms with Crippen molar-refractivity contribution in [2.45, 2.75) is 59.9 Å². The lowest BCUT2D eigenvalue weighted by atomic mass is 9.69. The van der Waals surface area contributed by atoms with E-state index in [1.165, 1.54) is 5.56 Å². The third-order valence-corrected chi connectivity index (χ3v) is 6.96. The summed E-state index contributed by atoms with van der Waals surface area (Å²) in [5, 5.41) is 0. The van der Waals surface area contributed by atoms with Gasteiger partial charge >= 0.3 is 5.97 Å². The molecule has 0 amide bonds. The predicted octanol–water partition coefficient (Wildman–Crippen LogP) is 3.63. The van der Waals surface area contributed by atoms with Gasteiger partial charge in [0, 0.05) is 38.0 Å². The van der Waals surface area contributed by atoms with Gasteiger partial charge in [0.05, 0.1) is 25.7 Å². The average Bonchev–Trinajstić information content (AvgIpc) is 2.75. The van der Waals surface area contributed by atoms with Crippen molar-refractivity contribution in [2.24, 2.45) is 11.1 Å². The summed E-state index contributed by atoms with van der Waals surface area (Å²) in [4.78, 5) is 29.0. The Hall–Kier alpha value is -2.64. The van der Waals surface area contributed by atoms with Crippen molar-refractivity contribution in [3.05, 3.63) is 57.2 Å². The molecule has 2 N–H and O–H groups in total. The molecule has 2 heterocycles. The summed E-state index contributed by atoms with van der Waals surface area (Å²) in [7, 11) is 0. The second kappa shape index (κ2) is 9.55. The molecule has 4 rings (SSSR count). The van der Waals surface area contributed by atoms with Crippen LogP contribution in [0, 0.1) is 19.3 Å². The molecule has 1 aliphatic carbocycles. The monoisotopic (exact) mass is 468 g/mol. The number of esters is 1. The van der Waals surface area contributed by atoms with Crippen molar-refractivity contribution < 1.29 is 23.8 Å². The molecule has 3 aliphatic rings. The third kappa shape index (κ3) is 4.77. The van der Waals surface area contributed by atoms with Gasteiger partial charge in [-0.3, -0.25) is 9.69 Å². The first-order chi connectivity index (χ1) is 16.1. The minimum atomic E-state index is -0.602. The van der Waals surface area contributed by atoms with Crippen LogP contribution in [0.3, 0.4) is 0 Å². The number of benzene rings is 1. The van der Waals surface area contributed by atoms with Gasteiger partial charge in [0.2, 0.25) is 5.88 Å². The summed E-state index contributed by atoms with van der Waals surface area (Å²) in [5.74, 6) is -0.531. The fourth-order valence-corrected chi connectivity index (χ4v) is 5.33. The van der Waals surface area contributed by atoms with E-state index in [0.29, 0.717) is 24.2 Å². The highest BCUT2D eigenvalue weighted by Gasteiger charge is 2.45. The first kappa shape index (κ1) is 24.5. The highest BCUT2D eigenvalue weighted by atomic mass is 16.5. The second-order valence-electron chi connectivity index (χ2n) is 10.3. The van der Waals surface area contributed by atoms with E-state index in [-0.39, 0.29) is 29.3 Å². The standard InChI is InChI=1S/C27H36N2O5/c1-6-33-26(31)24-22(23-20(30)13-27(4,5)14-21(23)34-25(24)28)19-12-16(2)11-18(17(19)3)15-29-7-9-32-10-8-29/h11-12,22H,6-10,13-15,28H2,1-5H3/t22-/m0/s1. The Balaban J connectivity index is 1.85. The number of rotatable bonds is 5. The topological polar surface area (TPSA) is 91.1 Å². The zero-order chi connectivity index (χ0) is 24.6. The van der Waals surface area contributed by atoms with Crippen LogP contribution in [0.15, 0.2) is 34.9 Å². The number of allylic oxidation sites excluding steroid dienone is 2. The van der Waals surface area contributed by atoms with Gasteiger partial charge in [0.25, 0.3) is 0 Å². The summed E-state index contributed by atoms with van der Waals surface area (Å²) in [6.45, 7) is 14.2.